The highest BCUT2D eigenvalue weighted by Crippen LogP contribution is 2.23. The minimum atomic E-state index is -4.47. The quantitative estimate of drug-likeness (QED) is 0.670. The largest absolute Gasteiger partial charge is 0.484 e. The minimum Gasteiger partial charge on any atom is -0.484 e. The van der Waals surface area contributed by atoms with Gasteiger partial charge in [-0.25, -0.2) is 8.42 Å². The Labute approximate surface area is 156 Å². The van der Waals surface area contributed by atoms with Crippen LogP contribution in [-0.4, -0.2) is 45.2 Å². The molecule has 0 aliphatic heterocycles. The molecule has 26 heavy (non-hydrogen) atoms. The highest BCUT2D eigenvalue weighted by atomic mass is 35.5. The van der Waals surface area contributed by atoms with Crippen molar-refractivity contribution in [2.45, 2.75) is 32.1 Å². The maximum Gasteiger partial charge on any atom is 0.422 e. The second-order valence-electron chi connectivity index (χ2n) is 5.76. The Morgan fingerprint density at radius 1 is 1.35 bits per heavy atom. The summed E-state index contributed by atoms with van der Waals surface area (Å²) in [5, 5.41) is 2.47. The fourth-order valence-electron chi connectivity index (χ4n) is 1.89. The molecule has 0 spiro atoms. The van der Waals surface area contributed by atoms with Crippen LogP contribution in [0.2, 0.25) is 0 Å². The van der Waals surface area contributed by atoms with Crippen molar-refractivity contribution in [3.05, 3.63) is 29.3 Å². The first-order valence-corrected chi connectivity index (χ1v) is 9.43. The first-order chi connectivity index (χ1) is 11.4. The summed E-state index contributed by atoms with van der Waals surface area (Å²) in [6.07, 6.45) is -3.48. The van der Waals surface area contributed by atoms with E-state index >= 15 is 0 Å². The molecule has 0 aromatic heterocycles. The van der Waals surface area contributed by atoms with E-state index in [9.17, 15) is 26.4 Å². The lowest BCUT2D eigenvalue weighted by Crippen LogP contribution is -2.41. The van der Waals surface area contributed by atoms with Crippen molar-refractivity contribution < 1.29 is 31.1 Å². The van der Waals surface area contributed by atoms with E-state index in [0.29, 0.717) is 11.1 Å². The van der Waals surface area contributed by atoms with Crippen LogP contribution < -0.4 is 15.8 Å². The lowest BCUT2D eigenvalue weighted by Gasteiger charge is -2.16. The van der Waals surface area contributed by atoms with Gasteiger partial charge < -0.3 is 15.8 Å². The predicted octanol–water partition coefficient (Wildman–Crippen LogP) is 1.74. The van der Waals surface area contributed by atoms with Crippen molar-refractivity contribution in [2.75, 3.05) is 18.6 Å². The summed E-state index contributed by atoms with van der Waals surface area (Å²) in [6, 6.07) is 3.63. The third-order valence-electron chi connectivity index (χ3n) is 3.20. The molecule has 0 aliphatic rings. The van der Waals surface area contributed by atoms with Crippen LogP contribution in [0, 0.1) is 6.92 Å². The van der Waals surface area contributed by atoms with Gasteiger partial charge in [0.1, 0.15) is 15.6 Å². The summed E-state index contributed by atoms with van der Waals surface area (Å²) in [5.41, 5.74) is 6.68. The molecule has 1 atom stereocenters. The van der Waals surface area contributed by atoms with Gasteiger partial charge in [0.25, 0.3) is 0 Å². The Morgan fingerprint density at radius 2 is 1.96 bits per heavy atom. The van der Waals surface area contributed by atoms with E-state index in [-0.39, 0.29) is 36.9 Å². The average molecular weight is 419 g/mol. The van der Waals surface area contributed by atoms with E-state index in [1.165, 1.54) is 6.07 Å². The van der Waals surface area contributed by atoms with Gasteiger partial charge in [-0.1, -0.05) is 12.1 Å². The Hall–Kier alpha value is -1.52. The van der Waals surface area contributed by atoms with Gasteiger partial charge in [-0.15, -0.1) is 12.4 Å². The first kappa shape index (κ1) is 24.5. The Bertz CT molecular complexity index is 711. The van der Waals surface area contributed by atoms with Crippen LogP contribution in [0.3, 0.4) is 0 Å². The van der Waals surface area contributed by atoms with Crippen LogP contribution >= 0.6 is 12.4 Å². The molecule has 1 aromatic rings. The third-order valence-corrected chi connectivity index (χ3v) is 4.18. The summed E-state index contributed by atoms with van der Waals surface area (Å²) in [6.45, 7) is 0.175. The fraction of sp³-hybridized carbons (Fsp3) is 0.533. The van der Waals surface area contributed by atoms with E-state index in [4.69, 9.17) is 10.5 Å². The van der Waals surface area contributed by atoms with Crippen molar-refractivity contribution >= 4 is 28.2 Å². The number of rotatable bonds is 8. The molecule has 1 aromatic carbocycles. The van der Waals surface area contributed by atoms with Crippen LogP contribution in [0.15, 0.2) is 18.2 Å². The monoisotopic (exact) mass is 418 g/mol. The van der Waals surface area contributed by atoms with Gasteiger partial charge >= 0.3 is 6.18 Å². The van der Waals surface area contributed by atoms with Crippen LogP contribution in [0.4, 0.5) is 13.2 Å². The van der Waals surface area contributed by atoms with Crippen molar-refractivity contribution in [1.29, 1.82) is 0 Å². The molecule has 1 amide bonds. The molecule has 0 aliphatic carbocycles. The number of halogens is 4. The van der Waals surface area contributed by atoms with E-state index in [1.807, 2.05) is 0 Å². The lowest BCUT2D eigenvalue weighted by atomic mass is 10.1. The Morgan fingerprint density at radius 3 is 2.50 bits per heavy atom. The molecule has 0 saturated heterocycles. The second-order valence-corrected chi connectivity index (χ2v) is 8.02. The zero-order valence-corrected chi connectivity index (χ0v) is 15.9. The van der Waals surface area contributed by atoms with Gasteiger partial charge in [-0.2, -0.15) is 13.2 Å². The number of nitrogens with one attached hydrogen (secondary N) is 1. The number of amides is 1. The predicted molar refractivity (Wildman–Crippen MR) is 94.1 cm³/mol. The summed E-state index contributed by atoms with van der Waals surface area (Å²) in [7, 11) is -3.24. The maximum atomic E-state index is 12.3. The molecule has 0 saturated carbocycles. The van der Waals surface area contributed by atoms with Crippen LogP contribution in [-0.2, 0) is 21.2 Å². The zero-order valence-electron chi connectivity index (χ0n) is 14.3. The van der Waals surface area contributed by atoms with Gasteiger partial charge in [0, 0.05) is 18.4 Å². The molecule has 0 radical (unpaired) electrons. The highest BCUT2D eigenvalue weighted by molar-refractivity contribution is 7.90. The van der Waals surface area contributed by atoms with Gasteiger partial charge in [0.2, 0.25) is 5.91 Å². The molecule has 6 nitrogen and oxygen atoms in total. The lowest BCUT2D eigenvalue weighted by molar-refractivity contribution is -0.153. The molecule has 0 fully saturated rings. The highest BCUT2D eigenvalue weighted by Gasteiger charge is 2.29. The van der Waals surface area contributed by atoms with Crippen molar-refractivity contribution in [2.24, 2.45) is 5.73 Å². The van der Waals surface area contributed by atoms with Crippen LogP contribution in [0.5, 0.6) is 5.75 Å². The van der Waals surface area contributed by atoms with E-state index in [0.717, 1.165) is 6.26 Å². The molecular weight excluding hydrogens is 397 g/mol. The second kappa shape index (κ2) is 9.98. The molecule has 1 unspecified atom stereocenters. The van der Waals surface area contributed by atoms with Crippen molar-refractivity contribution in [3.63, 3.8) is 0 Å². The van der Waals surface area contributed by atoms with Crippen LogP contribution in [0.25, 0.3) is 0 Å². The number of nitrogens with two attached hydrogens (primary N) is 1. The molecule has 150 valence electrons. The zero-order chi connectivity index (χ0) is 19.3. The molecule has 0 heterocycles. The van der Waals surface area contributed by atoms with E-state index < -0.39 is 34.6 Å². The van der Waals surface area contributed by atoms with Crippen molar-refractivity contribution in [1.82, 2.24) is 5.32 Å². The molecule has 0 bridgehead atoms. The maximum absolute atomic E-state index is 12.3. The van der Waals surface area contributed by atoms with Gasteiger partial charge in [0.15, 0.2) is 6.61 Å². The number of sulfone groups is 1. The first-order valence-electron chi connectivity index (χ1n) is 7.37. The van der Waals surface area contributed by atoms with Gasteiger partial charge in [-0.05, 0) is 25.0 Å². The normalized spacial score (nSPS) is 12.8. The third kappa shape index (κ3) is 9.83. The summed E-state index contributed by atoms with van der Waals surface area (Å²) in [4.78, 5) is 11.9. The standard InChI is InChI=1S/C15H21F3N2O4S.ClH/c1-10-3-4-11(13(7-10)24-9-15(16,17)18)8-20-14(21)12(19)5-6-25(2,22)23;/h3-4,7,12H,5-6,8-9,19H2,1-2H3,(H,20,21);1H. The summed E-state index contributed by atoms with van der Waals surface area (Å²) in [5.74, 6) is -0.806. The Balaban J connectivity index is 0.00000625. The topological polar surface area (TPSA) is 98.5 Å². The van der Waals surface area contributed by atoms with E-state index in [2.05, 4.69) is 5.32 Å². The number of carbonyl (C=O) groups is 1. The summed E-state index contributed by atoms with van der Waals surface area (Å²) < 4.78 is 63.9. The SMILES string of the molecule is Cc1ccc(CNC(=O)C(N)CCS(C)(=O)=O)c(OCC(F)(F)F)c1.Cl. The smallest absolute Gasteiger partial charge is 0.422 e. The van der Waals surface area contributed by atoms with Crippen molar-refractivity contribution in [3.8, 4) is 5.75 Å². The number of carbonyl (C=O) groups excluding carboxylic acids is 1. The number of hydrogen-bond acceptors (Lipinski definition) is 5. The molecular formula is C15H22ClF3N2O4S. The average Bonchev–Trinajstić information content (AvgIpc) is 2.47. The molecule has 3 N–H and O–H groups in total. The summed E-state index contributed by atoms with van der Waals surface area (Å²) >= 11 is 0. The van der Waals surface area contributed by atoms with Crippen LogP contribution in [0.1, 0.15) is 17.5 Å². The van der Waals surface area contributed by atoms with Gasteiger partial charge in [0.05, 0.1) is 11.8 Å². The Kier molecular flexibility index (Phi) is 9.40. The number of aryl methyl sites for hydroxylation is 1. The number of hydrogen-bond donors (Lipinski definition) is 2. The fourth-order valence-corrected chi connectivity index (χ4v) is 2.57. The number of alkyl halides is 3. The number of benzene rings is 1. The molecule has 11 heteroatoms. The van der Waals surface area contributed by atoms with E-state index in [1.54, 1.807) is 19.1 Å². The molecule has 1 rings (SSSR count). The van der Waals surface area contributed by atoms with Gasteiger partial charge in [-0.3, -0.25) is 4.79 Å². The minimum absolute atomic E-state index is 0. The number of ether oxygens (including phenoxy) is 1.